The Morgan fingerprint density at radius 2 is 2.17 bits per heavy atom. The van der Waals surface area contributed by atoms with Gasteiger partial charge in [-0.15, -0.1) is 5.92 Å². The molecular weight excluding hydrogens is 278 g/mol. The molecule has 7 heteroatoms. The molecule has 0 aromatic heterocycles. The molecule has 0 aliphatic heterocycles. The van der Waals surface area contributed by atoms with Crippen LogP contribution in [0.25, 0.3) is 0 Å². The number of halogens is 1. The lowest BCUT2D eigenvalue weighted by Gasteiger charge is -2.05. The Hall–Kier alpha value is -1.55. The van der Waals surface area contributed by atoms with Crippen LogP contribution in [0.4, 0.5) is 0 Å². The molecule has 0 aliphatic rings. The molecule has 1 aromatic rings. The number of hydrogen-bond donors (Lipinski definition) is 2. The molecule has 0 fully saturated rings. The highest BCUT2D eigenvalue weighted by molar-refractivity contribution is 7.89. The highest BCUT2D eigenvalue weighted by Crippen LogP contribution is 2.20. The molecule has 0 radical (unpaired) electrons. The third-order valence-electron chi connectivity index (χ3n) is 2.01. The number of carboxylic acids is 1. The van der Waals surface area contributed by atoms with Crippen molar-refractivity contribution >= 4 is 27.6 Å². The van der Waals surface area contributed by atoms with Crippen LogP contribution in [0.2, 0.25) is 5.02 Å². The summed E-state index contributed by atoms with van der Waals surface area (Å²) in [6.45, 7) is 1.57. The van der Waals surface area contributed by atoms with Gasteiger partial charge in [0, 0.05) is 0 Å². The quantitative estimate of drug-likeness (QED) is 0.819. The second kappa shape index (κ2) is 5.87. The molecule has 0 heterocycles. The summed E-state index contributed by atoms with van der Waals surface area (Å²) >= 11 is 5.69. The largest absolute Gasteiger partial charge is 0.478 e. The maximum atomic E-state index is 11.8. The molecule has 18 heavy (non-hydrogen) atoms. The van der Waals surface area contributed by atoms with E-state index in [2.05, 4.69) is 16.6 Å². The van der Waals surface area contributed by atoms with Crippen molar-refractivity contribution in [1.82, 2.24) is 4.72 Å². The van der Waals surface area contributed by atoms with Crippen LogP contribution in [0.15, 0.2) is 23.1 Å². The number of carbonyl (C=O) groups is 1. The van der Waals surface area contributed by atoms with Crippen molar-refractivity contribution in [3.8, 4) is 11.8 Å². The van der Waals surface area contributed by atoms with E-state index in [1.807, 2.05) is 0 Å². The molecule has 0 unspecified atom stereocenters. The highest BCUT2D eigenvalue weighted by atomic mass is 35.5. The topological polar surface area (TPSA) is 83.5 Å². The van der Waals surface area contributed by atoms with Crippen molar-refractivity contribution in [2.75, 3.05) is 6.54 Å². The number of sulfonamides is 1. The van der Waals surface area contributed by atoms with Gasteiger partial charge >= 0.3 is 5.97 Å². The van der Waals surface area contributed by atoms with Crippen LogP contribution in [0.1, 0.15) is 17.3 Å². The zero-order chi connectivity index (χ0) is 13.8. The summed E-state index contributed by atoms with van der Waals surface area (Å²) in [5.74, 6) is 3.88. The van der Waals surface area contributed by atoms with Crippen LogP contribution in [-0.2, 0) is 10.0 Å². The monoisotopic (exact) mass is 287 g/mol. The van der Waals surface area contributed by atoms with Crippen molar-refractivity contribution in [2.45, 2.75) is 11.8 Å². The summed E-state index contributed by atoms with van der Waals surface area (Å²) in [5, 5.41) is 8.63. The van der Waals surface area contributed by atoms with E-state index in [0.717, 1.165) is 12.1 Å². The van der Waals surface area contributed by atoms with Crippen LogP contribution in [-0.4, -0.2) is 26.0 Å². The lowest BCUT2D eigenvalue weighted by atomic mass is 10.2. The van der Waals surface area contributed by atoms with Gasteiger partial charge in [-0.2, -0.15) is 4.72 Å². The van der Waals surface area contributed by atoms with Gasteiger partial charge in [-0.1, -0.05) is 17.5 Å². The Morgan fingerprint density at radius 3 is 2.67 bits per heavy atom. The van der Waals surface area contributed by atoms with Gasteiger partial charge in [0.2, 0.25) is 10.0 Å². The van der Waals surface area contributed by atoms with Gasteiger partial charge in [0.15, 0.2) is 0 Å². The molecule has 0 aliphatic carbocycles. The van der Waals surface area contributed by atoms with Gasteiger partial charge in [-0.05, 0) is 25.1 Å². The summed E-state index contributed by atoms with van der Waals surface area (Å²) < 4.78 is 25.8. The fraction of sp³-hybridized carbons (Fsp3) is 0.182. The molecule has 0 bridgehead atoms. The molecule has 96 valence electrons. The number of aromatic carboxylic acids is 1. The normalized spacial score (nSPS) is 10.6. The van der Waals surface area contributed by atoms with Gasteiger partial charge in [0.1, 0.15) is 0 Å². The van der Waals surface area contributed by atoms with E-state index >= 15 is 0 Å². The average Bonchev–Trinajstić information content (AvgIpc) is 2.28. The Balaban J connectivity index is 3.06. The fourth-order valence-corrected chi connectivity index (χ4v) is 2.41. The Bertz CT molecular complexity index is 628. The number of carboxylic acid groups (broad SMARTS) is 1. The van der Waals surface area contributed by atoms with Crippen molar-refractivity contribution in [3.63, 3.8) is 0 Å². The number of hydrogen-bond acceptors (Lipinski definition) is 3. The Morgan fingerprint density at radius 1 is 1.50 bits per heavy atom. The molecule has 0 amide bonds. The SMILES string of the molecule is CC#CCNS(=O)(=O)c1ccc(C(=O)O)c(Cl)c1. The van der Waals surface area contributed by atoms with Crippen LogP contribution in [0.3, 0.4) is 0 Å². The number of nitrogens with one attached hydrogen (secondary N) is 1. The summed E-state index contributed by atoms with van der Waals surface area (Å²) in [7, 11) is -3.73. The van der Waals surface area contributed by atoms with E-state index in [-0.39, 0.29) is 22.0 Å². The minimum absolute atomic E-state index is 0.0167. The third-order valence-corrected chi connectivity index (χ3v) is 3.72. The van der Waals surface area contributed by atoms with Crippen molar-refractivity contribution in [3.05, 3.63) is 28.8 Å². The first-order valence-electron chi connectivity index (χ1n) is 4.80. The molecule has 2 N–H and O–H groups in total. The van der Waals surface area contributed by atoms with Gasteiger partial charge in [0.25, 0.3) is 0 Å². The molecule has 1 aromatic carbocycles. The lowest BCUT2D eigenvalue weighted by Crippen LogP contribution is -2.24. The molecule has 0 saturated heterocycles. The molecule has 5 nitrogen and oxygen atoms in total. The van der Waals surface area contributed by atoms with Crippen LogP contribution < -0.4 is 4.72 Å². The molecule has 0 atom stereocenters. The van der Waals surface area contributed by atoms with E-state index in [4.69, 9.17) is 16.7 Å². The van der Waals surface area contributed by atoms with E-state index in [1.165, 1.54) is 6.07 Å². The van der Waals surface area contributed by atoms with E-state index in [9.17, 15) is 13.2 Å². The first-order valence-corrected chi connectivity index (χ1v) is 6.66. The van der Waals surface area contributed by atoms with Crippen molar-refractivity contribution in [1.29, 1.82) is 0 Å². The highest BCUT2D eigenvalue weighted by Gasteiger charge is 2.16. The number of rotatable bonds is 4. The first kappa shape index (κ1) is 14.5. The average molecular weight is 288 g/mol. The Labute approximate surface area is 110 Å². The smallest absolute Gasteiger partial charge is 0.337 e. The second-order valence-corrected chi connectivity index (χ2v) is 5.37. The fourth-order valence-electron chi connectivity index (χ4n) is 1.14. The first-order chi connectivity index (χ1) is 8.38. The van der Waals surface area contributed by atoms with Gasteiger partial charge in [-0.25, -0.2) is 13.2 Å². The zero-order valence-electron chi connectivity index (χ0n) is 9.40. The summed E-state index contributed by atoms with van der Waals surface area (Å²) in [6, 6.07) is 3.41. The summed E-state index contributed by atoms with van der Waals surface area (Å²) in [6.07, 6.45) is 0. The van der Waals surface area contributed by atoms with Crippen LogP contribution in [0, 0.1) is 11.8 Å². The maximum Gasteiger partial charge on any atom is 0.337 e. The molecule has 0 spiro atoms. The van der Waals surface area contributed by atoms with Crippen molar-refractivity contribution in [2.24, 2.45) is 0 Å². The minimum Gasteiger partial charge on any atom is -0.478 e. The minimum atomic E-state index is -3.73. The predicted molar refractivity (Wildman–Crippen MR) is 67.0 cm³/mol. The standard InChI is InChI=1S/C11H10ClNO4S/c1-2-3-6-13-18(16,17)8-4-5-9(11(14)15)10(12)7-8/h4-5,7,13H,6H2,1H3,(H,14,15). The van der Waals surface area contributed by atoms with Crippen LogP contribution >= 0.6 is 11.6 Å². The van der Waals surface area contributed by atoms with E-state index in [1.54, 1.807) is 6.92 Å². The van der Waals surface area contributed by atoms with Gasteiger partial charge in [0.05, 0.1) is 22.0 Å². The summed E-state index contributed by atoms with van der Waals surface area (Å²) in [5.41, 5.74) is -0.149. The molecular formula is C11H10ClNO4S. The number of benzene rings is 1. The van der Waals surface area contributed by atoms with E-state index in [0.29, 0.717) is 0 Å². The van der Waals surface area contributed by atoms with Crippen LogP contribution in [0.5, 0.6) is 0 Å². The Kier molecular flexibility index (Phi) is 4.73. The van der Waals surface area contributed by atoms with Gasteiger partial charge in [-0.3, -0.25) is 0 Å². The van der Waals surface area contributed by atoms with Crippen molar-refractivity contribution < 1.29 is 18.3 Å². The van der Waals surface area contributed by atoms with Gasteiger partial charge < -0.3 is 5.11 Å². The molecule has 1 rings (SSSR count). The third kappa shape index (κ3) is 3.47. The molecule has 0 saturated carbocycles. The zero-order valence-corrected chi connectivity index (χ0v) is 11.0. The lowest BCUT2D eigenvalue weighted by molar-refractivity contribution is 0.0697. The predicted octanol–water partition coefficient (Wildman–Crippen LogP) is 1.34. The second-order valence-electron chi connectivity index (χ2n) is 3.20. The summed E-state index contributed by atoms with van der Waals surface area (Å²) in [4.78, 5) is 10.6. The maximum absolute atomic E-state index is 11.8. The van der Waals surface area contributed by atoms with E-state index < -0.39 is 16.0 Å².